The van der Waals surface area contributed by atoms with Crippen LogP contribution in [-0.4, -0.2) is 42.8 Å². The number of para-hydroxylation sites is 1. The van der Waals surface area contributed by atoms with Crippen molar-refractivity contribution in [1.29, 1.82) is 5.26 Å². The van der Waals surface area contributed by atoms with Gasteiger partial charge in [-0.3, -0.25) is 0 Å². The number of hydrogen-bond donors (Lipinski definition) is 1. The standard InChI is InChI=1S/C23H26ClFN4O2/c1-23(2,3)31-22(30)29-12-10-28(11-13-29)21-7-5-4-6-17(21)20(15-26)27-16-8-9-19(25)18(24)14-16/h4-9,14,20,27H,10-13H2,1-3H3. The van der Waals surface area contributed by atoms with Gasteiger partial charge in [-0.05, 0) is 45.0 Å². The van der Waals surface area contributed by atoms with Crippen LogP contribution < -0.4 is 10.2 Å². The molecular weight excluding hydrogens is 419 g/mol. The van der Waals surface area contributed by atoms with Crippen LogP contribution in [0.1, 0.15) is 32.4 Å². The number of anilines is 2. The number of carbonyl (C=O) groups is 1. The number of hydrogen-bond acceptors (Lipinski definition) is 5. The molecule has 0 radical (unpaired) electrons. The second-order valence-electron chi connectivity index (χ2n) is 8.35. The summed E-state index contributed by atoms with van der Waals surface area (Å²) in [6, 6.07) is 13.5. The molecule has 1 fully saturated rings. The number of rotatable bonds is 4. The molecule has 0 spiro atoms. The third-order valence-electron chi connectivity index (χ3n) is 4.88. The van der Waals surface area contributed by atoms with Gasteiger partial charge in [0.2, 0.25) is 0 Å². The van der Waals surface area contributed by atoms with Crippen LogP contribution in [0.4, 0.5) is 20.6 Å². The lowest BCUT2D eigenvalue weighted by atomic mass is 10.0. The number of carbonyl (C=O) groups excluding carboxylic acids is 1. The maximum atomic E-state index is 13.5. The van der Waals surface area contributed by atoms with E-state index >= 15 is 0 Å². The van der Waals surface area contributed by atoms with Gasteiger partial charge < -0.3 is 19.9 Å². The first-order valence-electron chi connectivity index (χ1n) is 10.1. The fraction of sp³-hybridized carbons (Fsp3) is 0.391. The Balaban J connectivity index is 1.73. The summed E-state index contributed by atoms with van der Waals surface area (Å²) in [5, 5.41) is 12.9. The van der Waals surface area contributed by atoms with E-state index in [1.54, 1.807) is 11.0 Å². The van der Waals surface area contributed by atoms with Crippen LogP contribution in [0.2, 0.25) is 5.02 Å². The molecule has 8 heteroatoms. The van der Waals surface area contributed by atoms with E-state index in [0.29, 0.717) is 31.9 Å². The summed E-state index contributed by atoms with van der Waals surface area (Å²) in [7, 11) is 0. The molecule has 3 rings (SSSR count). The van der Waals surface area contributed by atoms with Crippen LogP contribution in [0, 0.1) is 17.1 Å². The first kappa shape index (κ1) is 22.7. The molecule has 31 heavy (non-hydrogen) atoms. The van der Waals surface area contributed by atoms with Crippen molar-refractivity contribution in [3.8, 4) is 6.07 Å². The van der Waals surface area contributed by atoms with Crippen molar-refractivity contribution in [2.75, 3.05) is 36.4 Å². The molecule has 2 aromatic carbocycles. The first-order valence-corrected chi connectivity index (χ1v) is 10.5. The Kier molecular flexibility index (Phi) is 6.91. The number of ether oxygens (including phenoxy) is 1. The summed E-state index contributed by atoms with van der Waals surface area (Å²) in [6.45, 7) is 7.85. The molecule has 1 aliphatic rings. The van der Waals surface area contributed by atoms with Crippen LogP contribution in [0.5, 0.6) is 0 Å². The normalized spacial score (nSPS) is 15.2. The minimum atomic E-state index is -0.651. The highest BCUT2D eigenvalue weighted by Gasteiger charge is 2.27. The van der Waals surface area contributed by atoms with Crippen molar-refractivity contribution in [3.63, 3.8) is 0 Å². The number of benzene rings is 2. The largest absolute Gasteiger partial charge is 0.444 e. The summed E-state index contributed by atoms with van der Waals surface area (Å²) >= 11 is 5.87. The van der Waals surface area contributed by atoms with E-state index in [1.807, 2.05) is 45.0 Å². The molecule has 1 amide bonds. The number of halogens is 2. The third-order valence-corrected chi connectivity index (χ3v) is 5.17. The fourth-order valence-corrected chi connectivity index (χ4v) is 3.59. The molecule has 1 unspecified atom stereocenters. The highest BCUT2D eigenvalue weighted by molar-refractivity contribution is 6.31. The topological polar surface area (TPSA) is 68.6 Å². The Labute approximate surface area is 187 Å². The molecule has 1 saturated heterocycles. The maximum absolute atomic E-state index is 13.5. The second kappa shape index (κ2) is 9.44. The van der Waals surface area contributed by atoms with Crippen molar-refractivity contribution >= 4 is 29.1 Å². The number of amides is 1. The number of nitrogens with one attached hydrogen (secondary N) is 1. The van der Waals surface area contributed by atoms with E-state index < -0.39 is 17.5 Å². The van der Waals surface area contributed by atoms with Crippen molar-refractivity contribution in [2.45, 2.75) is 32.4 Å². The summed E-state index contributed by atoms with van der Waals surface area (Å²) in [4.78, 5) is 16.2. The Morgan fingerprint density at radius 1 is 1.19 bits per heavy atom. The monoisotopic (exact) mass is 444 g/mol. The third kappa shape index (κ3) is 5.80. The van der Waals surface area contributed by atoms with Gasteiger partial charge in [0, 0.05) is 43.1 Å². The predicted molar refractivity (Wildman–Crippen MR) is 120 cm³/mol. The molecule has 0 bridgehead atoms. The van der Waals surface area contributed by atoms with E-state index in [1.165, 1.54) is 12.1 Å². The van der Waals surface area contributed by atoms with E-state index in [4.69, 9.17) is 16.3 Å². The molecule has 2 aromatic rings. The predicted octanol–water partition coefficient (Wildman–Crippen LogP) is 5.21. The fourth-order valence-electron chi connectivity index (χ4n) is 3.41. The van der Waals surface area contributed by atoms with Gasteiger partial charge in [-0.1, -0.05) is 29.8 Å². The number of piperazine rings is 1. The molecule has 1 aliphatic heterocycles. The van der Waals surface area contributed by atoms with E-state index in [2.05, 4.69) is 16.3 Å². The van der Waals surface area contributed by atoms with Gasteiger partial charge in [0.1, 0.15) is 17.5 Å². The molecule has 0 aromatic heterocycles. The van der Waals surface area contributed by atoms with Crippen LogP contribution in [0.25, 0.3) is 0 Å². The van der Waals surface area contributed by atoms with Crippen LogP contribution in [0.15, 0.2) is 42.5 Å². The zero-order valence-electron chi connectivity index (χ0n) is 17.9. The van der Waals surface area contributed by atoms with E-state index in [-0.39, 0.29) is 11.1 Å². The number of nitriles is 1. The molecule has 0 aliphatic carbocycles. The Bertz CT molecular complexity index is 978. The van der Waals surface area contributed by atoms with Gasteiger partial charge in [-0.15, -0.1) is 0 Å². The summed E-state index contributed by atoms with van der Waals surface area (Å²) < 4.78 is 18.9. The molecule has 0 saturated carbocycles. The van der Waals surface area contributed by atoms with E-state index in [9.17, 15) is 14.4 Å². The Morgan fingerprint density at radius 3 is 2.48 bits per heavy atom. The van der Waals surface area contributed by atoms with E-state index in [0.717, 1.165) is 11.3 Å². The smallest absolute Gasteiger partial charge is 0.410 e. The molecule has 1 N–H and O–H groups in total. The molecule has 1 heterocycles. The van der Waals surface area contributed by atoms with Gasteiger partial charge in [0.05, 0.1) is 11.1 Å². The number of nitrogens with zero attached hydrogens (tertiary/aromatic N) is 3. The van der Waals surface area contributed by atoms with Crippen LogP contribution >= 0.6 is 11.6 Å². The first-order chi connectivity index (χ1) is 14.7. The highest BCUT2D eigenvalue weighted by atomic mass is 35.5. The van der Waals surface area contributed by atoms with Crippen LogP contribution in [0.3, 0.4) is 0 Å². The molecule has 1 atom stereocenters. The zero-order chi connectivity index (χ0) is 22.6. The van der Waals surface area contributed by atoms with Gasteiger partial charge >= 0.3 is 6.09 Å². The molecule has 164 valence electrons. The average Bonchev–Trinajstić information content (AvgIpc) is 2.73. The minimum absolute atomic E-state index is 0.00626. The molecule has 6 nitrogen and oxygen atoms in total. The quantitative estimate of drug-likeness (QED) is 0.700. The maximum Gasteiger partial charge on any atom is 0.410 e. The Morgan fingerprint density at radius 2 is 1.87 bits per heavy atom. The van der Waals surface area contributed by atoms with Crippen molar-refractivity contribution in [2.24, 2.45) is 0 Å². The van der Waals surface area contributed by atoms with Gasteiger partial charge in [0.25, 0.3) is 0 Å². The Hall–Kier alpha value is -2.98. The van der Waals surface area contributed by atoms with Crippen molar-refractivity contribution in [1.82, 2.24) is 4.90 Å². The SMILES string of the molecule is CC(C)(C)OC(=O)N1CCN(c2ccccc2C(C#N)Nc2ccc(F)c(Cl)c2)CC1. The van der Waals surface area contributed by atoms with Gasteiger partial charge in [0.15, 0.2) is 0 Å². The van der Waals surface area contributed by atoms with Crippen LogP contribution in [-0.2, 0) is 4.74 Å². The summed E-state index contributed by atoms with van der Waals surface area (Å²) in [5.41, 5.74) is 1.74. The lowest BCUT2D eigenvalue weighted by Gasteiger charge is -2.37. The zero-order valence-corrected chi connectivity index (χ0v) is 18.6. The average molecular weight is 445 g/mol. The summed E-state index contributed by atoms with van der Waals surface area (Å²) in [5.74, 6) is -0.510. The minimum Gasteiger partial charge on any atom is -0.444 e. The lowest BCUT2D eigenvalue weighted by Crippen LogP contribution is -2.50. The highest BCUT2D eigenvalue weighted by Crippen LogP contribution is 2.30. The van der Waals surface area contributed by atoms with Crippen molar-refractivity contribution in [3.05, 3.63) is 58.9 Å². The van der Waals surface area contributed by atoms with Gasteiger partial charge in [-0.2, -0.15) is 5.26 Å². The van der Waals surface area contributed by atoms with Crippen molar-refractivity contribution < 1.29 is 13.9 Å². The van der Waals surface area contributed by atoms with Gasteiger partial charge in [-0.25, -0.2) is 9.18 Å². The molecular formula is C23H26ClFN4O2. The lowest BCUT2D eigenvalue weighted by molar-refractivity contribution is 0.0240. The summed E-state index contributed by atoms with van der Waals surface area (Å²) in [6.07, 6.45) is -0.315. The second-order valence-corrected chi connectivity index (χ2v) is 8.76.